The quantitative estimate of drug-likeness (QED) is 0.488. The van der Waals surface area contributed by atoms with Crippen molar-refractivity contribution in [1.82, 2.24) is 5.32 Å². The van der Waals surface area contributed by atoms with Crippen LogP contribution in [0.5, 0.6) is 0 Å². The molecule has 1 aliphatic heterocycles. The number of methoxy groups -OCH3 is 1. The van der Waals surface area contributed by atoms with E-state index in [1.807, 2.05) is 0 Å². The molecule has 0 aliphatic carbocycles. The lowest BCUT2D eigenvalue weighted by Crippen LogP contribution is -2.34. The van der Waals surface area contributed by atoms with E-state index < -0.39 is 17.9 Å². The van der Waals surface area contributed by atoms with Crippen LogP contribution >= 0.6 is 11.6 Å². The molecule has 7 nitrogen and oxygen atoms in total. The molecule has 0 saturated heterocycles. The second kappa shape index (κ2) is 8.84. The van der Waals surface area contributed by atoms with Gasteiger partial charge in [0.2, 0.25) is 0 Å². The van der Waals surface area contributed by atoms with E-state index in [0.717, 1.165) is 0 Å². The van der Waals surface area contributed by atoms with E-state index in [1.54, 1.807) is 31.2 Å². The molecule has 1 heterocycles. The molecule has 4 N–H and O–H groups in total. The van der Waals surface area contributed by atoms with Gasteiger partial charge in [-0.3, -0.25) is 0 Å². The maximum Gasteiger partial charge on any atom is 0.336 e. The van der Waals surface area contributed by atoms with Crippen molar-refractivity contribution in [3.63, 3.8) is 0 Å². The van der Waals surface area contributed by atoms with Gasteiger partial charge in [0, 0.05) is 17.3 Å². The molecule has 26 heavy (non-hydrogen) atoms. The van der Waals surface area contributed by atoms with Crippen LogP contribution in [0.4, 0.5) is 0 Å². The van der Waals surface area contributed by atoms with E-state index in [0.29, 0.717) is 35.1 Å². The number of rotatable bonds is 7. The minimum absolute atomic E-state index is 0.0288. The lowest BCUT2D eigenvalue weighted by molar-refractivity contribution is -0.136. The summed E-state index contributed by atoms with van der Waals surface area (Å²) in [6, 6.07) is 6.80. The van der Waals surface area contributed by atoms with Crippen LogP contribution in [0.1, 0.15) is 18.4 Å². The Hall–Kier alpha value is -2.35. The first-order chi connectivity index (χ1) is 12.4. The number of nitrogens with two attached hydrogens (primary N) is 1. The van der Waals surface area contributed by atoms with Crippen LogP contribution in [0.2, 0.25) is 5.02 Å². The average molecular weight is 381 g/mol. The van der Waals surface area contributed by atoms with E-state index in [4.69, 9.17) is 26.8 Å². The summed E-state index contributed by atoms with van der Waals surface area (Å²) in [5.41, 5.74) is 6.95. The summed E-state index contributed by atoms with van der Waals surface area (Å²) < 4.78 is 10.4. The maximum atomic E-state index is 12.5. The molecule has 8 heteroatoms. The molecule has 2 rings (SSSR count). The summed E-state index contributed by atoms with van der Waals surface area (Å²) in [6.45, 7) is 2.31. The third-order valence-corrected chi connectivity index (χ3v) is 4.35. The van der Waals surface area contributed by atoms with Crippen LogP contribution < -0.4 is 11.1 Å². The highest BCUT2D eigenvalue weighted by Crippen LogP contribution is 2.41. The van der Waals surface area contributed by atoms with Gasteiger partial charge in [-0.1, -0.05) is 29.8 Å². The zero-order chi connectivity index (χ0) is 19.3. The number of nitrogens with one attached hydrogen (secondary N) is 1. The molecular weight excluding hydrogens is 360 g/mol. The zero-order valence-electron chi connectivity index (χ0n) is 14.5. The Bertz CT molecular complexity index is 773. The van der Waals surface area contributed by atoms with Crippen molar-refractivity contribution in [3.05, 3.63) is 57.4 Å². The summed E-state index contributed by atoms with van der Waals surface area (Å²) >= 11 is 6.30. The molecule has 0 radical (unpaired) electrons. The van der Waals surface area contributed by atoms with Crippen LogP contribution in [0.25, 0.3) is 0 Å². The first kappa shape index (κ1) is 20.0. The zero-order valence-corrected chi connectivity index (χ0v) is 15.3. The summed E-state index contributed by atoms with van der Waals surface area (Å²) in [5.74, 6) is -2.69. The van der Waals surface area contributed by atoms with Crippen molar-refractivity contribution >= 4 is 23.5 Å². The number of carbonyl (C=O) groups excluding carboxylic acids is 1. The normalized spacial score (nSPS) is 17.2. The highest BCUT2D eigenvalue weighted by Gasteiger charge is 2.38. The Morgan fingerprint density at radius 3 is 2.58 bits per heavy atom. The van der Waals surface area contributed by atoms with Gasteiger partial charge in [-0.25, -0.2) is 9.59 Å². The Balaban J connectivity index is 2.66. The topological polar surface area (TPSA) is 111 Å². The number of hydrogen-bond donors (Lipinski definition) is 3. The van der Waals surface area contributed by atoms with Crippen LogP contribution in [-0.2, 0) is 19.1 Å². The summed E-state index contributed by atoms with van der Waals surface area (Å²) in [5, 5.41) is 13.1. The minimum atomic E-state index is -1.15. The molecular formula is C18H21ClN2O5. The molecule has 1 aliphatic rings. The SMILES string of the molecule is COC(=O)C1=C(COCCN)NC(C)=C(C(=O)O)[C@H]1c1ccccc1Cl. The fraction of sp³-hybridized carbons (Fsp3) is 0.333. The fourth-order valence-electron chi connectivity index (χ4n) is 2.92. The summed E-state index contributed by atoms with van der Waals surface area (Å²) in [7, 11) is 1.24. The number of dihydropyridines is 1. The molecule has 140 valence electrons. The monoisotopic (exact) mass is 380 g/mol. The van der Waals surface area contributed by atoms with Crippen LogP contribution in [0, 0.1) is 0 Å². The second-order valence-electron chi connectivity index (χ2n) is 5.65. The van der Waals surface area contributed by atoms with Gasteiger partial charge in [0.1, 0.15) is 0 Å². The minimum Gasteiger partial charge on any atom is -0.478 e. The number of carboxylic acid groups (broad SMARTS) is 1. The van der Waals surface area contributed by atoms with Crippen molar-refractivity contribution in [2.45, 2.75) is 12.8 Å². The van der Waals surface area contributed by atoms with Crippen molar-refractivity contribution in [2.75, 3.05) is 26.9 Å². The van der Waals surface area contributed by atoms with Gasteiger partial charge in [-0.2, -0.15) is 0 Å². The fourth-order valence-corrected chi connectivity index (χ4v) is 3.17. The number of hydrogen-bond acceptors (Lipinski definition) is 6. The Labute approximate surface area is 156 Å². The Morgan fingerprint density at radius 1 is 1.31 bits per heavy atom. The molecule has 0 saturated carbocycles. The lowest BCUT2D eigenvalue weighted by Gasteiger charge is -2.31. The molecule has 1 aromatic rings. The highest BCUT2D eigenvalue weighted by atomic mass is 35.5. The van der Waals surface area contributed by atoms with Crippen molar-refractivity contribution in [2.24, 2.45) is 5.73 Å². The molecule has 1 aromatic carbocycles. The van der Waals surface area contributed by atoms with E-state index in [-0.39, 0.29) is 17.8 Å². The third-order valence-electron chi connectivity index (χ3n) is 4.01. The predicted molar refractivity (Wildman–Crippen MR) is 96.6 cm³/mol. The Kier molecular flexibility index (Phi) is 6.79. The largest absolute Gasteiger partial charge is 0.478 e. The van der Waals surface area contributed by atoms with Gasteiger partial charge in [-0.15, -0.1) is 0 Å². The standard InChI is InChI=1S/C18H21ClN2O5/c1-10-14(17(22)23)15(11-5-3-4-6-12(11)19)16(18(24)25-2)13(21-10)9-26-8-7-20/h3-6,15,21H,7-9,20H2,1-2H3,(H,22,23)/t15-/m1/s1. The molecule has 0 unspecified atom stereocenters. The number of esters is 1. The molecule has 0 fully saturated rings. The van der Waals surface area contributed by atoms with E-state index >= 15 is 0 Å². The first-order valence-electron chi connectivity index (χ1n) is 7.97. The first-order valence-corrected chi connectivity index (χ1v) is 8.34. The number of ether oxygens (including phenoxy) is 2. The smallest absolute Gasteiger partial charge is 0.336 e. The maximum absolute atomic E-state index is 12.5. The van der Waals surface area contributed by atoms with Gasteiger partial charge in [-0.05, 0) is 18.6 Å². The van der Waals surface area contributed by atoms with Crippen LogP contribution in [0.15, 0.2) is 46.8 Å². The van der Waals surface area contributed by atoms with Gasteiger partial charge in [0.15, 0.2) is 0 Å². The average Bonchev–Trinajstić information content (AvgIpc) is 2.61. The molecule has 1 atom stereocenters. The van der Waals surface area contributed by atoms with Crippen LogP contribution in [0.3, 0.4) is 0 Å². The Morgan fingerprint density at radius 2 is 2.00 bits per heavy atom. The van der Waals surface area contributed by atoms with Crippen molar-refractivity contribution < 1.29 is 24.2 Å². The van der Waals surface area contributed by atoms with Gasteiger partial charge < -0.3 is 25.6 Å². The predicted octanol–water partition coefficient (Wildman–Crippen LogP) is 1.79. The second-order valence-corrected chi connectivity index (χ2v) is 6.06. The van der Waals surface area contributed by atoms with Gasteiger partial charge in [0.05, 0.1) is 43.1 Å². The number of carboxylic acids is 1. The third kappa shape index (κ3) is 4.07. The number of benzene rings is 1. The lowest BCUT2D eigenvalue weighted by atomic mass is 9.80. The number of carbonyl (C=O) groups is 2. The van der Waals surface area contributed by atoms with Crippen molar-refractivity contribution in [1.29, 1.82) is 0 Å². The number of halogens is 1. The van der Waals surface area contributed by atoms with E-state index in [2.05, 4.69) is 5.32 Å². The van der Waals surface area contributed by atoms with Crippen LogP contribution in [-0.4, -0.2) is 43.9 Å². The molecule has 0 bridgehead atoms. The highest BCUT2D eigenvalue weighted by molar-refractivity contribution is 6.31. The van der Waals surface area contributed by atoms with Gasteiger partial charge >= 0.3 is 11.9 Å². The van der Waals surface area contributed by atoms with E-state index in [1.165, 1.54) is 7.11 Å². The number of allylic oxidation sites excluding steroid dienone is 1. The van der Waals surface area contributed by atoms with Crippen molar-refractivity contribution in [3.8, 4) is 0 Å². The molecule has 0 spiro atoms. The molecule has 0 amide bonds. The summed E-state index contributed by atoms with van der Waals surface area (Å²) in [4.78, 5) is 24.4. The number of aliphatic carboxylic acids is 1. The van der Waals surface area contributed by atoms with Gasteiger partial charge in [0.25, 0.3) is 0 Å². The molecule has 0 aromatic heterocycles. The summed E-state index contributed by atoms with van der Waals surface area (Å²) in [6.07, 6.45) is 0. The van der Waals surface area contributed by atoms with E-state index in [9.17, 15) is 14.7 Å².